The summed E-state index contributed by atoms with van der Waals surface area (Å²) in [6.45, 7) is 0. The second-order valence-corrected chi connectivity index (χ2v) is 1.60. The molecule has 0 saturated carbocycles. The number of hydrogen-bond acceptors (Lipinski definition) is 4. The molecule has 0 fully saturated rings. The second kappa shape index (κ2) is 12.6. The van der Waals surface area contributed by atoms with Crippen molar-refractivity contribution in [2.45, 2.75) is 19.3 Å². The van der Waals surface area contributed by atoms with Crippen LogP contribution in [-0.2, 0) is 9.59 Å². The Morgan fingerprint density at radius 2 is 1.18 bits per heavy atom. The predicted octanol–water partition coefficient (Wildman–Crippen LogP) is -8.34. The minimum atomic E-state index is -1.23. The number of carbonyl (C=O) groups is 2. The molecule has 0 aromatic rings. The Labute approximate surface area is 163 Å². The zero-order chi connectivity index (χ0) is 7.28. The Kier molecular flexibility index (Phi) is 21.9. The quantitative estimate of drug-likeness (QED) is 0.516. The van der Waals surface area contributed by atoms with Crippen molar-refractivity contribution < 1.29 is 136 Å². The number of carboxylic acids is 2. The normalized spacial score (nSPS) is 7.27. The maximum atomic E-state index is 9.66. The molecule has 0 rings (SSSR count). The van der Waals surface area contributed by atoms with E-state index >= 15 is 0 Å². The Balaban J connectivity index is -0.000000320. The van der Waals surface area contributed by atoms with Crippen molar-refractivity contribution in [2.75, 3.05) is 0 Å². The average molecular weight is 301 g/mol. The van der Waals surface area contributed by atoms with E-state index in [2.05, 4.69) is 0 Å². The fourth-order valence-electron chi connectivity index (χ4n) is 0.377. The number of rotatable bonds is 4. The molecule has 0 aliphatic rings. The van der Waals surface area contributed by atoms with E-state index in [1.54, 1.807) is 0 Å². The first-order valence-electron chi connectivity index (χ1n) is 2.52. The molecular formula is C5H6O4Rb2. The SMILES string of the molecule is O=C([O-])CCCC(=O)[O-].[Rb+].[Rb+]. The molecule has 0 aliphatic heterocycles. The van der Waals surface area contributed by atoms with Crippen molar-refractivity contribution in [1.82, 2.24) is 0 Å². The van der Waals surface area contributed by atoms with Crippen LogP contribution in [0.15, 0.2) is 0 Å². The molecule has 0 spiro atoms. The van der Waals surface area contributed by atoms with Gasteiger partial charge in [0.25, 0.3) is 0 Å². The predicted molar refractivity (Wildman–Crippen MR) is 23.9 cm³/mol. The average Bonchev–Trinajstić information content (AvgIpc) is 1.63. The summed E-state index contributed by atoms with van der Waals surface area (Å²) in [4.78, 5) is 19.3. The molecule has 0 saturated heterocycles. The van der Waals surface area contributed by atoms with Gasteiger partial charge in [0.15, 0.2) is 0 Å². The van der Waals surface area contributed by atoms with E-state index < -0.39 is 11.9 Å². The maximum Gasteiger partial charge on any atom is 1.00 e. The standard InChI is InChI=1S/C5H8O4.2Rb/c6-4(7)2-1-3-5(8)9;;/h1-3H2,(H,6,7)(H,8,9);;/q;2*+1/p-2. The van der Waals surface area contributed by atoms with E-state index in [1.165, 1.54) is 0 Å². The molecule has 0 heterocycles. The van der Waals surface area contributed by atoms with E-state index in [9.17, 15) is 19.8 Å². The zero-order valence-corrected chi connectivity index (χ0v) is 16.6. The van der Waals surface area contributed by atoms with Gasteiger partial charge in [0.1, 0.15) is 0 Å². The van der Waals surface area contributed by atoms with Crippen molar-refractivity contribution in [3.8, 4) is 0 Å². The summed E-state index contributed by atoms with van der Waals surface area (Å²) in [5.74, 6) is -2.45. The number of carboxylic acid groups (broad SMARTS) is 2. The number of carbonyl (C=O) groups excluding carboxylic acids is 2. The third kappa shape index (κ3) is 19.1. The molecule has 11 heavy (non-hydrogen) atoms. The van der Waals surface area contributed by atoms with Gasteiger partial charge in [-0.1, -0.05) is 0 Å². The topological polar surface area (TPSA) is 80.3 Å². The van der Waals surface area contributed by atoms with Crippen molar-refractivity contribution in [2.24, 2.45) is 0 Å². The van der Waals surface area contributed by atoms with Gasteiger partial charge < -0.3 is 19.8 Å². The van der Waals surface area contributed by atoms with Crippen molar-refractivity contribution >= 4 is 11.9 Å². The molecule has 6 heteroatoms. The number of aliphatic carboxylic acids is 2. The van der Waals surface area contributed by atoms with Crippen molar-refractivity contribution in [3.63, 3.8) is 0 Å². The third-order valence-electron chi connectivity index (χ3n) is 0.762. The molecule has 4 nitrogen and oxygen atoms in total. The molecule has 0 aromatic carbocycles. The Morgan fingerprint density at radius 1 is 0.909 bits per heavy atom. The first kappa shape index (κ1) is 19.2. The fraction of sp³-hybridized carbons (Fsp3) is 0.600. The van der Waals surface area contributed by atoms with Crippen LogP contribution in [0.1, 0.15) is 19.3 Å². The minimum Gasteiger partial charge on any atom is -0.550 e. The van der Waals surface area contributed by atoms with Gasteiger partial charge in [-0.2, -0.15) is 0 Å². The van der Waals surface area contributed by atoms with Crippen LogP contribution in [0.25, 0.3) is 0 Å². The van der Waals surface area contributed by atoms with Crippen molar-refractivity contribution in [1.29, 1.82) is 0 Å². The molecule has 0 radical (unpaired) electrons. The van der Waals surface area contributed by atoms with Crippen LogP contribution in [0, 0.1) is 0 Å². The van der Waals surface area contributed by atoms with Gasteiger partial charge in [0.2, 0.25) is 0 Å². The summed E-state index contributed by atoms with van der Waals surface area (Å²) in [5.41, 5.74) is 0. The van der Waals surface area contributed by atoms with Crippen LogP contribution in [0.3, 0.4) is 0 Å². The smallest absolute Gasteiger partial charge is 0.550 e. The van der Waals surface area contributed by atoms with Crippen LogP contribution in [0.5, 0.6) is 0 Å². The fourth-order valence-corrected chi connectivity index (χ4v) is 0.377. The molecule has 0 aliphatic carbocycles. The van der Waals surface area contributed by atoms with E-state index in [4.69, 9.17) is 0 Å². The van der Waals surface area contributed by atoms with Gasteiger partial charge >= 0.3 is 116 Å². The van der Waals surface area contributed by atoms with Gasteiger partial charge in [0, 0.05) is 11.9 Å². The van der Waals surface area contributed by atoms with Crippen LogP contribution in [0.2, 0.25) is 0 Å². The van der Waals surface area contributed by atoms with Gasteiger partial charge in [0.05, 0.1) is 0 Å². The van der Waals surface area contributed by atoms with E-state index in [0.717, 1.165) is 0 Å². The maximum absolute atomic E-state index is 9.66. The Morgan fingerprint density at radius 3 is 1.36 bits per heavy atom. The Hall–Kier alpha value is 2.55. The van der Waals surface area contributed by atoms with Crippen LogP contribution in [0.4, 0.5) is 0 Å². The molecule has 0 bridgehead atoms. The van der Waals surface area contributed by atoms with E-state index in [-0.39, 0.29) is 136 Å². The molecule has 0 unspecified atom stereocenters. The zero-order valence-electron chi connectivity index (χ0n) is 6.75. The van der Waals surface area contributed by atoms with Gasteiger partial charge in [-0.05, 0) is 19.3 Å². The first-order chi connectivity index (χ1) is 4.13. The Bertz CT molecular complexity index is 112. The summed E-state index contributed by atoms with van der Waals surface area (Å²) < 4.78 is 0. The van der Waals surface area contributed by atoms with E-state index in [1.807, 2.05) is 0 Å². The summed E-state index contributed by atoms with van der Waals surface area (Å²) in [6, 6.07) is 0. The molecule has 0 amide bonds. The monoisotopic (exact) mass is 300 g/mol. The summed E-state index contributed by atoms with van der Waals surface area (Å²) >= 11 is 0. The summed E-state index contributed by atoms with van der Waals surface area (Å²) in [7, 11) is 0. The van der Waals surface area contributed by atoms with Crippen LogP contribution < -0.4 is 127 Å². The van der Waals surface area contributed by atoms with Gasteiger partial charge in [-0.25, -0.2) is 0 Å². The van der Waals surface area contributed by atoms with Crippen molar-refractivity contribution in [3.05, 3.63) is 0 Å². The van der Waals surface area contributed by atoms with Gasteiger partial charge in [-0.3, -0.25) is 0 Å². The van der Waals surface area contributed by atoms with Gasteiger partial charge in [-0.15, -0.1) is 0 Å². The molecule has 0 atom stereocenters. The molecule has 0 aromatic heterocycles. The summed E-state index contributed by atoms with van der Waals surface area (Å²) in [5, 5.41) is 19.3. The summed E-state index contributed by atoms with van der Waals surface area (Å²) in [6.07, 6.45) is -0.341. The largest absolute Gasteiger partial charge is 1.00 e. The minimum absolute atomic E-state index is 0. The molecule has 52 valence electrons. The number of hydrogen-bond donors (Lipinski definition) is 0. The molecular weight excluding hydrogens is 295 g/mol. The van der Waals surface area contributed by atoms with Crippen LogP contribution >= 0.6 is 0 Å². The first-order valence-corrected chi connectivity index (χ1v) is 2.52. The van der Waals surface area contributed by atoms with E-state index in [0.29, 0.717) is 0 Å². The second-order valence-electron chi connectivity index (χ2n) is 1.60. The van der Waals surface area contributed by atoms with Crippen LogP contribution in [-0.4, -0.2) is 11.9 Å². The third-order valence-corrected chi connectivity index (χ3v) is 0.762. The molecule has 0 N–H and O–H groups in total.